The fourth-order valence-electron chi connectivity index (χ4n) is 3.13. The second-order valence-corrected chi connectivity index (χ2v) is 6.32. The van der Waals surface area contributed by atoms with Crippen LogP contribution in [0.25, 0.3) is 0 Å². The lowest BCUT2D eigenvalue weighted by molar-refractivity contribution is 0.0303. The molecule has 22 heavy (non-hydrogen) atoms. The molecule has 1 aliphatic heterocycles. The van der Waals surface area contributed by atoms with Gasteiger partial charge in [-0.3, -0.25) is 4.79 Å². The number of hydrogen-bond donors (Lipinski definition) is 0. The van der Waals surface area contributed by atoms with Gasteiger partial charge in [-0.05, 0) is 37.7 Å². The third-order valence-electron chi connectivity index (χ3n) is 4.54. The number of amides is 1. The molecular weight excluding hydrogens is 276 g/mol. The van der Waals surface area contributed by atoms with E-state index in [9.17, 15) is 4.79 Å². The molecule has 1 fully saturated rings. The molecule has 1 aliphatic rings. The summed E-state index contributed by atoms with van der Waals surface area (Å²) in [6.07, 6.45) is 1.14. The van der Waals surface area contributed by atoms with Crippen molar-refractivity contribution in [1.82, 2.24) is 9.80 Å². The van der Waals surface area contributed by atoms with Gasteiger partial charge < -0.3 is 14.5 Å². The molecule has 0 saturated carbocycles. The predicted molar refractivity (Wildman–Crippen MR) is 89.0 cm³/mol. The van der Waals surface area contributed by atoms with Crippen molar-refractivity contribution in [3.63, 3.8) is 0 Å². The molecule has 0 bridgehead atoms. The highest BCUT2D eigenvalue weighted by Gasteiger charge is 2.22. The number of hydrogen-bond acceptors (Lipinski definition) is 3. The summed E-state index contributed by atoms with van der Waals surface area (Å²) in [6.45, 7) is 7.15. The average Bonchev–Trinajstić information content (AvgIpc) is 2.55. The van der Waals surface area contributed by atoms with E-state index in [1.807, 2.05) is 17.0 Å². The summed E-state index contributed by atoms with van der Waals surface area (Å²) in [5, 5.41) is 0. The van der Waals surface area contributed by atoms with E-state index in [2.05, 4.69) is 45.0 Å². The first-order valence-electron chi connectivity index (χ1n) is 8.18. The maximum absolute atomic E-state index is 12.5. The van der Waals surface area contributed by atoms with Crippen molar-refractivity contribution in [2.45, 2.75) is 26.3 Å². The Bertz CT molecular complexity index is 478. The van der Waals surface area contributed by atoms with Crippen LogP contribution in [-0.2, 0) is 4.74 Å². The molecule has 0 unspecified atom stereocenters. The lowest BCUT2D eigenvalue weighted by Crippen LogP contribution is -2.40. The molecule has 1 amide bonds. The molecule has 1 aromatic rings. The second-order valence-electron chi connectivity index (χ2n) is 6.32. The van der Waals surface area contributed by atoms with Gasteiger partial charge in [0.05, 0.1) is 13.2 Å². The van der Waals surface area contributed by atoms with Gasteiger partial charge in [-0.1, -0.05) is 32.4 Å². The van der Waals surface area contributed by atoms with E-state index in [1.165, 1.54) is 5.56 Å². The summed E-state index contributed by atoms with van der Waals surface area (Å²) < 4.78 is 5.30. The van der Waals surface area contributed by atoms with Gasteiger partial charge in [-0.2, -0.15) is 0 Å². The number of carbonyl (C=O) groups excluding carboxylic acids is 1. The molecule has 1 heterocycles. The standard InChI is InChI=1S/C18H28N2O2/c1-5-14(2)17(19(3)4)15-6-8-16(9-7-15)18(21)20-10-12-22-13-11-20/h6-9,14,17H,5,10-13H2,1-4H3/t14-,17-/m1/s1. The highest BCUT2D eigenvalue weighted by molar-refractivity contribution is 5.94. The Morgan fingerprint density at radius 3 is 2.32 bits per heavy atom. The first-order chi connectivity index (χ1) is 10.5. The van der Waals surface area contributed by atoms with Crippen LogP contribution in [0.3, 0.4) is 0 Å². The van der Waals surface area contributed by atoms with Crippen LogP contribution in [0.1, 0.15) is 42.2 Å². The Hall–Kier alpha value is -1.39. The minimum absolute atomic E-state index is 0.111. The molecule has 122 valence electrons. The quantitative estimate of drug-likeness (QED) is 0.838. The van der Waals surface area contributed by atoms with Crippen molar-refractivity contribution in [2.75, 3.05) is 40.4 Å². The average molecular weight is 304 g/mol. The summed E-state index contributed by atoms with van der Waals surface area (Å²) in [5.41, 5.74) is 2.05. The minimum atomic E-state index is 0.111. The summed E-state index contributed by atoms with van der Waals surface area (Å²) in [4.78, 5) is 16.6. The van der Waals surface area contributed by atoms with Crippen molar-refractivity contribution >= 4 is 5.91 Å². The van der Waals surface area contributed by atoms with Crippen LogP contribution in [-0.4, -0.2) is 56.1 Å². The molecule has 0 N–H and O–H groups in total. The van der Waals surface area contributed by atoms with Crippen molar-refractivity contribution in [1.29, 1.82) is 0 Å². The Kier molecular flexibility index (Phi) is 5.98. The Balaban J connectivity index is 2.13. The second kappa shape index (κ2) is 7.75. The largest absolute Gasteiger partial charge is 0.378 e. The highest BCUT2D eigenvalue weighted by atomic mass is 16.5. The van der Waals surface area contributed by atoms with Gasteiger partial charge in [0.1, 0.15) is 0 Å². The topological polar surface area (TPSA) is 32.8 Å². The molecule has 4 nitrogen and oxygen atoms in total. The van der Waals surface area contributed by atoms with Crippen LogP contribution in [0.15, 0.2) is 24.3 Å². The third kappa shape index (κ3) is 3.87. The van der Waals surface area contributed by atoms with Crippen LogP contribution in [0.4, 0.5) is 0 Å². The number of ether oxygens (including phenoxy) is 1. The number of rotatable bonds is 5. The zero-order valence-corrected chi connectivity index (χ0v) is 14.2. The molecule has 1 saturated heterocycles. The van der Waals surface area contributed by atoms with Crippen LogP contribution in [0.2, 0.25) is 0 Å². The lowest BCUT2D eigenvalue weighted by Gasteiger charge is -2.30. The minimum Gasteiger partial charge on any atom is -0.378 e. The lowest BCUT2D eigenvalue weighted by atomic mass is 9.91. The van der Waals surface area contributed by atoms with Crippen LogP contribution in [0, 0.1) is 5.92 Å². The van der Waals surface area contributed by atoms with E-state index < -0.39 is 0 Å². The number of benzene rings is 1. The van der Waals surface area contributed by atoms with E-state index in [-0.39, 0.29) is 5.91 Å². The summed E-state index contributed by atoms with van der Waals surface area (Å²) in [5.74, 6) is 0.690. The normalized spacial score (nSPS) is 18.3. The molecule has 0 aliphatic carbocycles. The van der Waals surface area contributed by atoms with Crippen molar-refractivity contribution in [3.05, 3.63) is 35.4 Å². The van der Waals surface area contributed by atoms with Gasteiger partial charge in [0.15, 0.2) is 0 Å². The first-order valence-corrected chi connectivity index (χ1v) is 8.18. The zero-order chi connectivity index (χ0) is 16.1. The van der Waals surface area contributed by atoms with Crippen molar-refractivity contribution in [3.8, 4) is 0 Å². The van der Waals surface area contributed by atoms with E-state index in [4.69, 9.17) is 4.74 Å². The number of morpholine rings is 1. The molecular formula is C18H28N2O2. The van der Waals surface area contributed by atoms with Crippen molar-refractivity contribution < 1.29 is 9.53 Å². The number of nitrogens with zero attached hydrogens (tertiary/aromatic N) is 2. The van der Waals surface area contributed by atoms with E-state index >= 15 is 0 Å². The smallest absolute Gasteiger partial charge is 0.254 e. The number of carbonyl (C=O) groups is 1. The SMILES string of the molecule is CC[C@@H](C)[C@H](c1ccc(C(=O)N2CCOCC2)cc1)N(C)C. The Morgan fingerprint density at radius 1 is 1.23 bits per heavy atom. The molecule has 4 heteroatoms. The third-order valence-corrected chi connectivity index (χ3v) is 4.54. The van der Waals surface area contributed by atoms with E-state index in [0.29, 0.717) is 38.3 Å². The molecule has 0 radical (unpaired) electrons. The molecule has 2 rings (SSSR count). The fourth-order valence-corrected chi connectivity index (χ4v) is 3.13. The molecule has 0 spiro atoms. The van der Waals surface area contributed by atoms with Crippen molar-refractivity contribution in [2.24, 2.45) is 5.92 Å². The fraction of sp³-hybridized carbons (Fsp3) is 0.611. The monoisotopic (exact) mass is 304 g/mol. The molecule has 2 atom stereocenters. The van der Waals surface area contributed by atoms with Crippen LogP contribution >= 0.6 is 0 Å². The van der Waals surface area contributed by atoms with Gasteiger partial charge in [-0.15, -0.1) is 0 Å². The molecule has 1 aromatic carbocycles. The molecule has 0 aromatic heterocycles. The van der Waals surface area contributed by atoms with Gasteiger partial charge in [0.25, 0.3) is 5.91 Å². The van der Waals surface area contributed by atoms with E-state index in [1.54, 1.807) is 0 Å². The maximum atomic E-state index is 12.5. The first kappa shape index (κ1) is 17.0. The van der Waals surface area contributed by atoms with Gasteiger partial charge in [0, 0.05) is 24.7 Å². The zero-order valence-electron chi connectivity index (χ0n) is 14.2. The van der Waals surface area contributed by atoms with E-state index in [0.717, 1.165) is 12.0 Å². The Morgan fingerprint density at radius 2 is 1.82 bits per heavy atom. The highest BCUT2D eigenvalue weighted by Crippen LogP contribution is 2.29. The predicted octanol–water partition coefficient (Wildman–Crippen LogP) is 2.81. The van der Waals surface area contributed by atoms with Gasteiger partial charge in [0.2, 0.25) is 0 Å². The summed E-state index contributed by atoms with van der Waals surface area (Å²) in [7, 11) is 4.23. The Labute approximate surface area is 134 Å². The van der Waals surface area contributed by atoms with Crippen LogP contribution in [0.5, 0.6) is 0 Å². The maximum Gasteiger partial charge on any atom is 0.254 e. The summed E-state index contributed by atoms with van der Waals surface area (Å²) in [6, 6.07) is 8.52. The van der Waals surface area contributed by atoms with Gasteiger partial charge in [-0.25, -0.2) is 0 Å². The summed E-state index contributed by atoms with van der Waals surface area (Å²) >= 11 is 0. The van der Waals surface area contributed by atoms with Crippen LogP contribution < -0.4 is 0 Å². The van der Waals surface area contributed by atoms with Gasteiger partial charge >= 0.3 is 0 Å².